The molecule has 1 fully saturated rings. The van der Waals surface area contributed by atoms with Crippen LogP contribution in [0.2, 0.25) is 0 Å². The summed E-state index contributed by atoms with van der Waals surface area (Å²) < 4.78 is 4.86. The first kappa shape index (κ1) is 13.4. The van der Waals surface area contributed by atoms with Crippen LogP contribution in [0.3, 0.4) is 0 Å². The third-order valence-corrected chi connectivity index (χ3v) is 3.53. The standard InChI is InChI=1S/C11H21NO4/c1-6-16-8(13)11(14)7-9(2,3)12(15)10(11,4)5/h12,14H,6-7H2,1-5H3. The molecule has 0 aromatic carbocycles. The van der Waals surface area contributed by atoms with Gasteiger partial charge in [-0.2, -0.15) is 0 Å². The largest absolute Gasteiger partial charge is 0.633 e. The van der Waals surface area contributed by atoms with Gasteiger partial charge in [0.25, 0.3) is 0 Å². The van der Waals surface area contributed by atoms with Gasteiger partial charge in [-0.25, -0.2) is 4.79 Å². The maximum Gasteiger partial charge on any atom is 0.345 e. The lowest BCUT2D eigenvalue weighted by molar-refractivity contribution is -0.935. The predicted octanol–water partition coefficient (Wildman–Crippen LogP) is -0.376. The quantitative estimate of drug-likeness (QED) is 0.502. The highest BCUT2D eigenvalue weighted by Crippen LogP contribution is 2.35. The molecule has 5 nitrogen and oxygen atoms in total. The van der Waals surface area contributed by atoms with E-state index in [0.29, 0.717) is 0 Å². The first-order chi connectivity index (χ1) is 7.09. The number of carbonyl (C=O) groups is 1. The monoisotopic (exact) mass is 231 g/mol. The van der Waals surface area contributed by atoms with Gasteiger partial charge in [-0.1, -0.05) is 0 Å². The summed E-state index contributed by atoms with van der Waals surface area (Å²) in [5.41, 5.74) is -3.49. The van der Waals surface area contributed by atoms with Crippen molar-refractivity contribution in [2.24, 2.45) is 0 Å². The number of rotatable bonds is 2. The van der Waals surface area contributed by atoms with E-state index >= 15 is 0 Å². The molecule has 16 heavy (non-hydrogen) atoms. The fourth-order valence-corrected chi connectivity index (χ4v) is 2.55. The predicted molar refractivity (Wildman–Crippen MR) is 58.7 cm³/mol. The van der Waals surface area contributed by atoms with Gasteiger partial charge in [0.05, 0.1) is 12.1 Å². The molecule has 5 heteroatoms. The average molecular weight is 231 g/mol. The first-order valence-electron chi connectivity index (χ1n) is 5.54. The maximum absolute atomic E-state index is 12.1. The van der Waals surface area contributed by atoms with E-state index in [0.717, 1.165) is 0 Å². The molecule has 0 saturated carbocycles. The minimum absolute atomic E-state index is 0.101. The molecule has 2 N–H and O–H groups in total. The molecule has 0 bridgehead atoms. The molecule has 0 amide bonds. The van der Waals surface area contributed by atoms with Gasteiger partial charge in [-0.05, 0) is 34.6 Å². The van der Waals surface area contributed by atoms with E-state index in [1.807, 2.05) is 0 Å². The van der Waals surface area contributed by atoms with Crippen molar-refractivity contribution in [1.29, 1.82) is 0 Å². The lowest BCUT2D eigenvalue weighted by Crippen LogP contribution is -3.20. The molecule has 1 rings (SSSR count). The molecule has 94 valence electrons. The van der Waals surface area contributed by atoms with Crippen molar-refractivity contribution < 1.29 is 19.7 Å². The smallest absolute Gasteiger partial charge is 0.345 e. The van der Waals surface area contributed by atoms with E-state index in [1.165, 1.54) is 0 Å². The molecular formula is C11H21NO4. The Morgan fingerprint density at radius 2 is 1.94 bits per heavy atom. The van der Waals surface area contributed by atoms with Crippen LogP contribution >= 0.6 is 0 Å². The highest BCUT2D eigenvalue weighted by Gasteiger charge is 2.66. The average Bonchev–Trinajstić information content (AvgIpc) is 2.26. The normalized spacial score (nSPS) is 36.1. The van der Waals surface area contributed by atoms with Gasteiger partial charge < -0.3 is 20.1 Å². The van der Waals surface area contributed by atoms with Gasteiger partial charge in [0, 0.05) is 6.42 Å². The Morgan fingerprint density at radius 1 is 1.44 bits per heavy atom. The van der Waals surface area contributed by atoms with E-state index in [4.69, 9.17) is 4.74 Å². The summed E-state index contributed by atoms with van der Waals surface area (Å²) in [6, 6.07) is 0. The van der Waals surface area contributed by atoms with Crippen molar-refractivity contribution in [2.75, 3.05) is 6.61 Å². The van der Waals surface area contributed by atoms with Crippen molar-refractivity contribution in [3.8, 4) is 0 Å². The highest BCUT2D eigenvalue weighted by atomic mass is 16.6. The summed E-state index contributed by atoms with van der Waals surface area (Å²) in [6.07, 6.45) is 0.116. The van der Waals surface area contributed by atoms with E-state index in [2.05, 4.69) is 0 Å². The van der Waals surface area contributed by atoms with Gasteiger partial charge in [0.2, 0.25) is 5.60 Å². The third-order valence-electron chi connectivity index (χ3n) is 3.53. The van der Waals surface area contributed by atoms with Crippen LogP contribution in [0.25, 0.3) is 0 Å². The second kappa shape index (κ2) is 3.68. The second-order valence-corrected chi connectivity index (χ2v) is 5.60. The Bertz CT molecular complexity index is 300. The molecule has 1 saturated heterocycles. The number of hydroxylamine groups is 2. The van der Waals surface area contributed by atoms with Crippen LogP contribution in [0.1, 0.15) is 41.0 Å². The zero-order chi connectivity index (χ0) is 12.8. The number of hydrogen-bond donors (Lipinski definition) is 2. The summed E-state index contributed by atoms with van der Waals surface area (Å²) in [7, 11) is 0. The first-order valence-corrected chi connectivity index (χ1v) is 5.54. The lowest BCUT2D eigenvalue weighted by atomic mass is 9.82. The number of carbonyl (C=O) groups excluding carboxylic acids is 1. The zero-order valence-electron chi connectivity index (χ0n) is 10.6. The van der Waals surface area contributed by atoms with Crippen molar-refractivity contribution in [2.45, 2.75) is 57.7 Å². The zero-order valence-corrected chi connectivity index (χ0v) is 10.6. The lowest BCUT2D eigenvalue weighted by Gasteiger charge is -2.42. The molecule has 1 aliphatic rings. The molecule has 1 heterocycles. The van der Waals surface area contributed by atoms with Gasteiger partial charge in [0.15, 0.2) is 0 Å². The minimum Gasteiger partial charge on any atom is -0.633 e. The van der Waals surface area contributed by atoms with Crippen molar-refractivity contribution >= 4 is 5.97 Å². The van der Waals surface area contributed by atoms with Gasteiger partial charge in [0.1, 0.15) is 5.54 Å². The molecule has 0 aromatic rings. The number of nitrogens with one attached hydrogen (secondary N) is 1. The minimum atomic E-state index is -1.70. The summed E-state index contributed by atoms with van der Waals surface area (Å²) in [6.45, 7) is 8.56. The number of aliphatic hydroxyl groups is 1. The summed E-state index contributed by atoms with van der Waals surface area (Å²) in [5.74, 6) is -0.695. The van der Waals surface area contributed by atoms with Crippen LogP contribution in [0.4, 0.5) is 0 Å². The molecular weight excluding hydrogens is 210 g/mol. The summed E-state index contributed by atoms with van der Waals surface area (Å²) in [5, 5.41) is 22.4. The van der Waals surface area contributed by atoms with Crippen LogP contribution in [0.5, 0.6) is 0 Å². The highest BCUT2D eigenvalue weighted by molar-refractivity contribution is 5.81. The van der Waals surface area contributed by atoms with Crippen molar-refractivity contribution in [3.63, 3.8) is 0 Å². The van der Waals surface area contributed by atoms with E-state index in [-0.39, 0.29) is 18.1 Å². The van der Waals surface area contributed by atoms with Crippen molar-refractivity contribution in [1.82, 2.24) is 0 Å². The number of hydrogen-bond acceptors (Lipinski definition) is 4. The molecule has 0 aromatic heterocycles. The van der Waals surface area contributed by atoms with E-state index in [1.54, 1.807) is 34.6 Å². The van der Waals surface area contributed by atoms with Crippen LogP contribution in [-0.2, 0) is 9.53 Å². The van der Waals surface area contributed by atoms with Gasteiger partial charge in [-0.3, -0.25) is 0 Å². The fraction of sp³-hybridized carbons (Fsp3) is 0.909. The van der Waals surface area contributed by atoms with Gasteiger partial charge >= 0.3 is 5.97 Å². The van der Waals surface area contributed by atoms with E-state index < -0.39 is 22.6 Å². The van der Waals surface area contributed by atoms with Crippen LogP contribution in [0.15, 0.2) is 0 Å². The Labute approximate surface area is 96.0 Å². The third kappa shape index (κ3) is 1.63. The number of esters is 1. The SMILES string of the molecule is CCOC(=O)C1(O)CC(C)(C)[NH+]([O-])C1(C)C. The van der Waals surface area contributed by atoms with Crippen molar-refractivity contribution in [3.05, 3.63) is 5.21 Å². The Morgan fingerprint density at radius 3 is 2.25 bits per heavy atom. The second-order valence-electron chi connectivity index (χ2n) is 5.60. The Kier molecular flexibility index (Phi) is 3.09. The number of ether oxygens (including phenoxy) is 1. The van der Waals surface area contributed by atoms with Crippen LogP contribution in [0, 0.1) is 5.21 Å². The van der Waals surface area contributed by atoms with Crippen LogP contribution in [-0.4, -0.2) is 34.4 Å². The summed E-state index contributed by atoms with van der Waals surface area (Å²) in [4.78, 5) is 11.8. The molecule has 0 radical (unpaired) electrons. The van der Waals surface area contributed by atoms with E-state index in [9.17, 15) is 15.1 Å². The fourth-order valence-electron chi connectivity index (χ4n) is 2.55. The molecule has 2 unspecified atom stereocenters. The summed E-state index contributed by atoms with van der Waals surface area (Å²) >= 11 is 0. The van der Waals surface area contributed by atoms with Gasteiger partial charge in [-0.15, -0.1) is 0 Å². The Balaban J connectivity index is 3.10. The molecule has 0 spiro atoms. The number of quaternary nitrogens is 1. The maximum atomic E-state index is 12.1. The molecule has 2 atom stereocenters. The Hall–Kier alpha value is -0.650. The van der Waals surface area contributed by atoms with Crippen LogP contribution < -0.4 is 5.06 Å². The molecule has 1 aliphatic heterocycles. The molecule has 0 aliphatic carbocycles. The topological polar surface area (TPSA) is 74.0 Å².